The molecule has 19 heavy (non-hydrogen) atoms. The zero-order valence-corrected chi connectivity index (χ0v) is 11.0. The fraction of sp³-hybridized carbons (Fsp3) is 0.231. The molecule has 0 bridgehead atoms. The molecule has 1 fully saturated rings. The number of nitrogens with one attached hydrogen (secondary N) is 1. The molecular weight excluding hydrogens is 271 g/mol. The van der Waals surface area contributed by atoms with Gasteiger partial charge in [0.05, 0.1) is 0 Å². The summed E-state index contributed by atoms with van der Waals surface area (Å²) in [5.74, 6) is -0.942. The predicted octanol–water partition coefficient (Wildman–Crippen LogP) is 2.43. The summed E-state index contributed by atoms with van der Waals surface area (Å²) in [6, 6.07) is 3.18. The van der Waals surface area contributed by atoms with E-state index in [4.69, 9.17) is 11.6 Å². The normalized spacial score (nSPS) is 22.6. The maximum absolute atomic E-state index is 13.1. The molecule has 2 rings (SSSR count). The number of imide groups is 1. The Morgan fingerprint density at radius 1 is 1.53 bits per heavy atom. The van der Waals surface area contributed by atoms with E-state index in [1.165, 1.54) is 25.1 Å². The first-order chi connectivity index (χ1) is 8.90. The van der Waals surface area contributed by atoms with Gasteiger partial charge in [0.2, 0.25) is 0 Å². The second-order valence-electron chi connectivity index (χ2n) is 4.38. The monoisotopic (exact) mass is 282 g/mol. The minimum absolute atomic E-state index is 0.0941. The lowest BCUT2D eigenvalue weighted by Crippen LogP contribution is -2.41. The smallest absolute Gasteiger partial charge is 0.319 e. The van der Waals surface area contributed by atoms with E-state index in [2.05, 4.69) is 11.9 Å². The highest BCUT2D eigenvalue weighted by Crippen LogP contribution is 2.33. The first-order valence-corrected chi connectivity index (χ1v) is 5.98. The maximum Gasteiger partial charge on any atom is 0.325 e. The molecule has 1 heterocycles. The third kappa shape index (κ3) is 2.10. The highest BCUT2D eigenvalue weighted by molar-refractivity contribution is 6.32. The number of urea groups is 1. The Hall–Kier alpha value is -1.88. The number of carbonyl (C=O) groups is 2. The van der Waals surface area contributed by atoms with Crippen LogP contribution < -0.4 is 5.32 Å². The van der Waals surface area contributed by atoms with Gasteiger partial charge in [0.25, 0.3) is 5.91 Å². The Morgan fingerprint density at radius 2 is 2.21 bits per heavy atom. The average molecular weight is 283 g/mol. The number of hydrogen-bond donors (Lipinski definition) is 1. The van der Waals surface area contributed by atoms with Crippen LogP contribution in [0.1, 0.15) is 12.5 Å². The van der Waals surface area contributed by atoms with Crippen LogP contribution >= 0.6 is 11.6 Å². The molecule has 4 nitrogen and oxygen atoms in total. The van der Waals surface area contributed by atoms with E-state index >= 15 is 0 Å². The Balaban J connectivity index is 2.46. The summed E-state index contributed by atoms with van der Waals surface area (Å²) in [7, 11) is 0. The van der Waals surface area contributed by atoms with Crippen molar-refractivity contribution in [2.75, 3.05) is 6.54 Å². The molecule has 1 aromatic rings. The number of halogens is 2. The minimum atomic E-state index is -1.29. The van der Waals surface area contributed by atoms with Crippen LogP contribution in [-0.2, 0) is 10.3 Å². The summed E-state index contributed by atoms with van der Waals surface area (Å²) in [4.78, 5) is 25.1. The van der Waals surface area contributed by atoms with Crippen molar-refractivity contribution in [1.29, 1.82) is 0 Å². The third-order valence-electron chi connectivity index (χ3n) is 3.06. The molecule has 6 heteroatoms. The molecule has 100 valence electrons. The van der Waals surface area contributed by atoms with Crippen molar-refractivity contribution in [1.82, 2.24) is 10.2 Å². The molecule has 1 N–H and O–H groups in total. The van der Waals surface area contributed by atoms with Gasteiger partial charge in [-0.2, -0.15) is 0 Å². The molecule has 1 aromatic carbocycles. The van der Waals surface area contributed by atoms with Gasteiger partial charge in [-0.3, -0.25) is 9.69 Å². The van der Waals surface area contributed by atoms with Crippen LogP contribution in [-0.4, -0.2) is 23.4 Å². The van der Waals surface area contributed by atoms with Crippen molar-refractivity contribution in [2.45, 2.75) is 12.5 Å². The van der Waals surface area contributed by atoms with Gasteiger partial charge in [-0.15, -0.1) is 6.58 Å². The van der Waals surface area contributed by atoms with Crippen molar-refractivity contribution >= 4 is 23.5 Å². The summed E-state index contributed by atoms with van der Waals surface area (Å²) in [6.45, 7) is 5.14. The number of hydrogen-bond acceptors (Lipinski definition) is 2. The van der Waals surface area contributed by atoms with Crippen molar-refractivity contribution < 1.29 is 14.0 Å². The molecule has 0 aliphatic carbocycles. The van der Waals surface area contributed by atoms with Gasteiger partial charge in [-0.05, 0) is 19.1 Å². The summed E-state index contributed by atoms with van der Waals surface area (Å²) in [5, 5.41) is 2.67. The fourth-order valence-electron chi connectivity index (χ4n) is 2.07. The predicted molar refractivity (Wildman–Crippen MR) is 69.2 cm³/mol. The minimum Gasteiger partial charge on any atom is -0.319 e. The van der Waals surface area contributed by atoms with Crippen LogP contribution in [0.5, 0.6) is 0 Å². The molecule has 1 unspecified atom stereocenters. The van der Waals surface area contributed by atoms with Crippen LogP contribution in [0.15, 0.2) is 30.9 Å². The van der Waals surface area contributed by atoms with Gasteiger partial charge in [0, 0.05) is 17.1 Å². The Morgan fingerprint density at radius 3 is 2.79 bits per heavy atom. The van der Waals surface area contributed by atoms with E-state index in [0.29, 0.717) is 5.56 Å². The molecule has 0 aromatic heterocycles. The summed E-state index contributed by atoms with van der Waals surface area (Å²) in [6.07, 6.45) is 1.45. The highest BCUT2D eigenvalue weighted by Gasteiger charge is 2.49. The largest absolute Gasteiger partial charge is 0.325 e. The Labute approximate surface area is 114 Å². The number of carbonyl (C=O) groups excluding carboxylic acids is 2. The molecule has 1 aliphatic heterocycles. The molecule has 0 radical (unpaired) electrons. The molecule has 1 atom stereocenters. The summed E-state index contributed by atoms with van der Waals surface area (Å²) in [5.41, 5.74) is -0.925. The van der Waals surface area contributed by atoms with Gasteiger partial charge in [0.15, 0.2) is 0 Å². The Bertz CT molecular complexity index is 576. The number of amides is 3. The van der Waals surface area contributed by atoms with Crippen LogP contribution in [0.2, 0.25) is 5.02 Å². The topological polar surface area (TPSA) is 49.4 Å². The molecule has 0 saturated carbocycles. The zero-order valence-electron chi connectivity index (χ0n) is 10.2. The van der Waals surface area contributed by atoms with Crippen LogP contribution in [0.3, 0.4) is 0 Å². The van der Waals surface area contributed by atoms with Crippen LogP contribution in [0.4, 0.5) is 9.18 Å². The number of benzene rings is 1. The first kappa shape index (κ1) is 13.5. The standard InChI is InChI=1S/C13H12ClFN2O2/c1-3-6-17-11(18)13(2,16-12(17)19)9-5-4-8(15)7-10(9)14/h3-5,7H,1,6H2,2H3,(H,16,19). The molecule has 0 spiro atoms. The van der Waals surface area contributed by atoms with E-state index in [-0.39, 0.29) is 11.6 Å². The molecule has 1 aliphatic rings. The Kier molecular flexibility index (Phi) is 3.32. The first-order valence-electron chi connectivity index (χ1n) is 5.60. The number of rotatable bonds is 3. The van der Waals surface area contributed by atoms with E-state index in [1.54, 1.807) is 0 Å². The molecular formula is C13H12ClFN2O2. The van der Waals surface area contributed by atoms with Crippen LogP contribution in [0, 0.1) is 5.82 Å². The van der Waals surface area contributed by atoms with Crippen molar-refractivity contribution in [2.24, 2.45) is 0 Å². The molecule has 3 amide bonds. The van der Waals surface area contributed by atoms with E-state index in [9.17, 15) is 14.0 Å². The summed E-state index contributed by atoms with van der Waals surface area (Å²) >= 11 is 5.95. The zero-order chi connectivity index (χ0) is 14.2. The second kappa shape index (κ2) is 4.66. The lowest BCUT2D eigenvalue weighted by Gasteiger charge is -2.23. The van der Waals surface area contributed by atoms with E-state index < -0.39 is 23.3 Å². The quantitative estimate of drug-likeness (QED) is 0.684. The fourth-order valence-corrected chi connectivity index (χ4v) is 2.43. The van der Waals surface area contributed by atoms with Crippen LogP contribution in [0.25, 0.3) is 0 Å². The van der Waals surface area contributed by atoms with Gasteiger partial charge < -0.3 is 5.32 Å². The van der Waals surface area contributed by atoms with E-state index in [0.717, 1.165) is 11.0 Å². The highest BCUT2D eigenvalue weighted by atomic mass is 35.5. The number of nitrogens with zero attached hydrogens (tertiary/aromatic N) is 1. The van der Waals surface area contributed by atoms with Gasteiger partial charge in [0.1, 0.15) is 11.4 Å². The van der Waals surface area contributed by atoms with Gasteiger partial charge >= 0.3 is 6.03 Å². The van der Waals surface area contributed by atoms with Crippen molar-refractivity contribution in [3.05, 3.63) is 47.3 Å². The van der Waals surface area contributed by atoms with E-state index in [1.807, 2.05) is 0 Å². The average Bonchev–Trinajstić information content (AvgIpc) is 2.54. The van der Waals surface area contributed by atoms with Crippen molar-refractivity contribution in [3.8, 4) is 0 Å². The van der Waals surface area contributed by atoms with Crippen molar-refractivity contribution in [3.63, 3.8) is 0 Å². The second-order valence-corrected chi connectivity index (χ2v) is 4.79. The lowest BCUT2D eigenvalue weighted by molar-refractivity contribution is -0.130. The summed E-state index contributed by atoms with van der Waals surface area (Å²) < 4.78 is 13.1. The van der Waals surface area contributed by atoms with Gasteiger partial charge in [-0.1, -0.05) is 23.7 Å². The SMILES string of the molecule is C=CCN1C(=O)NC(C)(c2ccc(F)cc2Cl)C1=O. The van der Waals surface area contributed by atoms with Gasteiger partial charge in [-0.25, -0.2) is 9.18 Å². The molecule has 1 saturated heterocycles. The maximum atomic E-state index is 13.1. The lowest BCUT2D eigenvalue weighted by atomic mass is 9.92. The third-order valence-corrected chi connectivity index (χ3v) is 3.37.